The number of rotatable bonds is 6. The van der Waals surface area contributed by atoms with Crippen molar-refractivity contribution in [1.29, 1.82) is 0 Å². The summed E-state index contributed by atoms with van der Waals surface area (Å²) in [5.41, 5.74) is 0.927. The summed E-state index contributed by atoms with van der Waals surface area (Å²) < 4.78 is 0. The van der Waals surface area contributed by atoms with Crippen molar-refractivity contribution in [2.24, 2.45) is 5.92 Å². The Morgan fingerprint density at radius 1 is 1.37 bits per heavy atom. The normalized spacial score (nSPS) is 14.2. The Balaban J connectivity index is 2.86. The molecule has 1 aromatic rings. The van der Waals surface area contributed by atoms with Gasteiger partial charge >= 0.3 is 0 Å². The largest absolute Gasteiger partial charge is 0.396 e. The topological polar surface area (TPSA) is 49.3 Å². The highest BCUT2D eigenvalue weighted by Gasteiger charge is 2.25. The highest BCUT2D eigenvalue weighted by Crippen LogP contribution is 2.27. The van der Waals surface area contributed by atoms with Crippen LogP contribution < -0.4 is 5.32 Å². The first-order chi connectivity index (χ1) is 8.95. The Bertz CT molecular complexity index is 420. The number of aliphatic hydroxyl groups excluding tert-OH is 1. The first-order valence-corrected chi connectivity index (χ1v) is 7.00. The molecule has 3 nitrogen and oxygen atoms in total. The van der Waals surface area contributed by atoms with Gasteiger partial charge < -0.3 is 10.4 Å². The lowest BCUT2D eigenvalue weighted by atomic mass is 9.87. The first-order valence-electron chi connectivity index (χ1n) is 6.62. The van der Waals surface area contributed by atoms with Crippen molar-refractivity contribution in [1.82, 2.24) is 5.32 Å². The van der Waals surface area contributed by atoms with Crippen LogP contribution in [0.2, 0.25) is 5.02 Å². The van der Waals surface area contributed by atoms with E-state index in [9.17, 15) is 4.79 Å². The number of nitrogens with one attached hydrogen (secondary N) is 1. The van der Waals surface area contributed by atoms with Gasteiger partial charge in [0.25, 0.3) is 0 Å². The fraction of sp³-hybridized carbons (Fsp3) is 0.533. The zero-order valence-electron chi connectivity index (χ0n) is 11.7. The Kier molecular flexibility index (Phi) is 6.32. The molecule has 0 aromatic heterocycles. The van der Waals surface area contributed by atoms with E-state index >= 15 is 0 Å². The summed E-state index contributed by atoms with van der Waals surface area (Å²) in [6.45, 7) is 6.00. The smallest absolute Gasteiger partial charge is 0.228 e. The van der Waals surface area contributed by atoms with Crippen molar-refractivity contribution in [2.75, 3.05) is 6.61 Å². The van der Waals surface area contributed by atoms with E-state index in [1.54, 1.807) is 6.07 Å². The van der Waals surface area contributed by atoms with Gasteiger partial charge in [-0.3, -0.25) is 4.79 Å². The molecule has 1 aromatic carbocycles. The molecule has 4 heteroatoms. The molecule has 0 aliphatic heterocycles. The number of benzene rings is 1. The fourth-order valence-corrected chi connectivity index (χ4v) is 2.34. The first kappa shape index (κ1) is 16.0. The summed E-state index contributed by atoms with van der Waals surface area (Å²) in [7, 11) is 0. The summed E-state index contributed by atoms with van der Waals surface area (Å²) in [6.07, 6.45) is 0.562. The Morgan fingerprint density at radius 3 is 2.58 bits per heavy atom. The minimum absolute atomic E-state index is 0.0155. The van der Waals surface area contributed by atoms with Crippen molar-refractivity contribution < 1.29 is 9.90 Å². The number of hydrogen-bond acceptors (Lipinski definition) is 2. The molecule has 0 heterocycles. The predicted molar refractivity (Wildman–Crippen MR) is 78.3 cm³/mol. The van der Waals surface area contributed by atoms with Crippen molar-refractivity contribution in [3.05, 3.63) is 34.9 Å². The Labute approximate surface area is 120 Å². The summed E-state index contributed by atoms with van der Waals surface area (Å²) in [5, 5.41) is 12.5. The molecule has 106 valence electrons. The summed E-state index contributed by atoms with van der Waals surface area (Å²) in [6, 6.07) is 7.39. The zero-order chi connectivity index (χ0) is 14.4. The van der Waals surface area contributed by atoms with E-state index in [1.807, 2.05) is 39.0 Å². The van der Waals surface area contributed by atoms with E-state index in [-0.39, 0.29) is 30.4 Å². The van der Waals surface area contributed by atoms with Gasteiger partial charge in [-0.05, 0) is 37.0 Å². The quantitative estimate of drug-likeness (QED) is 0.843. The van der Waals surface area contributed by atoms with Crippen molar-refractivity contribution >= 4 is 17.5 Å². The van der Waals surface area contributed by atoms with Crippen LogP contribution in [0.3, 0.4) is 0 Å². The second kappa shape index (κ2) is 7.51. The molecule has 0 aliphatic rings. The number of aliphatic hydroxyl groups is 1. The maximum atomic E-state index is 12.3. The molecule has 0 spiro atoms. The zero-order valence-corrected chi connectivity index (χ0v) is 12.4. The molecule has 1 rings (SSSR count). The second-order valence-corrected chi connectivity index (χ2v) is 5.64. The molecule has 1 amide bonds. The van der Waals surface area contributed by atoms with Gasteiger partial charge in [0.05, 0.1) is 5.92 Å². The number of carbonyl (C=O) groups is 1. The molecule has 0 saturated carbocycles. The summed E-state index contributed by atoms with van der Waals surface area (Å²) >= 11 is 5.99. The maximum Gasteiger partial charge on any atom is 0.228 e. The standard InChI is InChI=1S/C15H22ClNO2/c1-10(2)14(12-5-4-6-13(16)9-12)15(19)17-11(3)7-8-18/h4-6,9-11,14,18H,7-8H2,1-3H3,(H,17,19). The molecule has 0 saturated heterocycles. The van der Waals surface area contributed by atoms with Gasteiger partial charge in [0.2, 0.25) is 5.91 Å². The average molecular weight is 284 g/mol. The van der Waals surface area contributed by atoms with E-state index < -0.39 is 0 Å². The van der Waals surface area contributed by atoms with E-state index in [2.05, 4.69) is 5.32 Å². The van der Waals surface area contributed by atoms with Crippen molar-refractivity contribution in [3.63, 3.8) is 0 Å². The van der Waals surface area contributed by atoms with Crippen molar-refractivity contribution in [2.45, 2.75) is 39.2 Å². The fourth-order valence-electron chi connectivity index (χ4n) is 2.14. The third kappa shape index (κ3) is 4.84. The lowest BCUT2D eigenvalue weighted by molar-refractivity contribution is -0.124. The second-order valence-electron chi connectivity index (χ2n) is 5.20. The SMILES string of the molecule is CC(CCO)NC(=O)C(c1cccc(Cl)c1)C(C)C. The van der Waals surface area contributed by atoms with Crippen LogP contribution in [0, 0.1) is 5.92 Å². The van der Waals surface area contributed by atoms with Gasteiger partial charge in [-0.25, -0.2) is 0 Å². The van der Waals surface area contributed by atoms with Crippen LogP contribution in [0.25, 0.3) is 0 Å². The predicted octanol–water partition coefficient (Wildman–Crippen LogP) is 2.97. The molecule has 0 fully saturated rings. The van der Waals surface area contributed by atoms with Crippen LogP contribution in [0.1, 0.15) is 38.7 Å². The summed E-state index contributed by atoms with van der Waals surface area (Å²) in [4.78, 5) is 12.3. The Hall–Kier alpha value is -1.06. The molecule has 2 atom stereocenters. The highest BCUT2D eigenvalue weighted by molar-refractivity contribution is 6.30. The van der Waals surface area contributed by atoms with Gasteiger partial charge in [0.1, 0.15) is 0 Å². The van der Waals surface area contributed by atoms with E-state index in [1.165, 1.54) is 0 Å². The third-order valence-corrected chi connectivity index (χ3v) is 3.34. The molecule has 19 heavy (non-hydrogen) atoms. The minimum Gasteiger partial charge on any atom is -0.396 e. The van der Waals surface area contributed by atoms with Crippen LogP contribution in [0.4, 0.5) is 0 Å². The van der Waals surface area contributed by atoms with E-state index in [0.29, 0.717) is 11.4 Å². The lowest BCUT2D eigenvalue weighted by Crippen LogP contribution is -2.38. The molecular weight excluding hydrogens is 262 g/mol. The van der Waals surface area contributed by atoms with E-state index in [0.717, 1.165) is 5.56 Å². The van der Waals surface area contributed by atoms with Gasteiger partial charge in [-0.2, -0.15) is 0 Å². The van der Waals surface area contributed by atoms with Gasteiger partial charge in [0.15, 0.2) is 0 Å². The molecule has 2 N–H and O–H groups in total. The average Bonchev–Trinajstić information content (AvgIpc) is 2.28. The number of halogens is 1. The molecule has 0 aliphatic carbocycles. The van der Waals surface area contributed by atoms with Crippen LogP contribution in [0.5, 0.6) is 0 Å². The molecule has 0 radical (unpaired) electrons. The van der Waals surface area contributed by atoms with E-state index in [4.69, 9.17) is 16.7 Å². The molecule has 2 unspecified atom stereocenters. The maximum absolute atomic E-state index is 12.3. The molecular formula is C15H22ClNO2. The van der Waals surface area contributed by atoms with Crippen LogP contribution >= 0.6 is 11.6 Å². The minimum atomic E-state index is -0.222. The van der Waals surface area contributed by atoms with Crippen LogP contribution in [-0.2, 0) is 4.79 Å². The van der Waals surface area contributed by atoms with Crippen LogP contribution in [-0.4, -0.2) is 23.7 Å². The van der Waals surface area contributed by atoms with Gasteiger partial charge in [0, 0.05) is 17.7 Å². The lowest BCUT2D eigenvalue weighted by Gasteiger charge is -2.23. The highest BCUT2D eigenvalue weighted by atomic mass is 35.5. The number of carbonyl (C=O) groups excluding carboxylic acids is 1. The number of amides is 1. The summed E-state index contributed by atoms with van der Waals surface area (Å²) in [5.74, 6) is -0.0575. The van der Waals surface area contributed by atoms with Crippen molar-refractivity contribution in [3.8, 4) is 0 Å². The van der Waals surface area contributed by atoms with Crippen LogP contribution in [0.15, 0.2) is 24.3 Å². The number of hydrogen-bond donors (Lipinski definition) is 2. The monoisotopic (exact) mass is 283 g/mol. The van der Waals surface area contributed by atoms with Gasteiger partial charge in [-0.15, -0.1) is 0 Å². The van der Waals surface area contributed by atoms with Gasteiger partial charge in [-0.1, -0.05) is 37.6 Å². The molecule has 0 bridgehead atoms. The Morgan fingerprint density at radius 2 is 2.05 bits per heavy atom. The third-order valence-electron chi connectivity index (χ3n) is 3.11.